The summed E-state index contributed by atoms with van der Waals surface area (Å²) in [7, 11) is 1.98. The summed E-state index contributed by atoms with van der Waals surface area (Å²) in [6.07, 6.45) is 2.27. The zero-order valence-electron chi connectivity index (χ0n) is 12.6. The molecule has 0 aromatic heterocycles. The van der Waals surface area contributed by atoms with Crippen LogP contribution >= 0.6 is 11.8 Å². The van der Waals surface area contributed by atoms with Crippen LogP contribution in [0.3, 0.4) is 0 Å². The molecule has 20 heavy (non-hydrogen) atoms. The maximum absolute atomic E-state index is 12.3. The molecule has 4 heteroatoms. The van der Waals surface area contributed by atoms with Crippen LogP contribution in [0.15, 0.2) is 23.1 Å². The van der Waals surface area contributed by atoms with Crippen LogP contribution in [0.25, 0.3) is 0 Å². The van der Waals surface area contributed by atoms with E-state index in [2.05, 4.69) is 37.4 Å². The van der Waals surface area contributed by atoms with Crippen molar-refractivity contribution in [3.63, 3.8) is 0 Å². The summed E-state index contributed by atoms with van der Waals surface area (Å²) in [5.41, 5.74) is 2.50. The number of aryl methyl sites for hydroxylation is 2. The molecule has 0 bridgehead atoms. The van der Waals surface area contributed by atoms with E-state index in [0.29, 0.717) is 11.8 Å². The molecule has 1 fully saturated rings. The summed E-state index contributed by atoms with van der Waals surface area (Å²) >= 11 is 1.66. The van der Waals surface area contributed by atoms with E-state index in [4.69, 9.17) is 0 Å². The predicted octanol–water partition coefficient (Wildman–Crippen LogP) is 2.61. The molecular formula is C16H24N2OS. The first-order chi connectivity index (χ1) is 9.60. The van der Waals surface area contributed by atoms with E-state index in [0.717, 1.165) is 19.5 Å². The minimum Gasteiger partial charge on any atom is -0.340 e. The van der Waals surface area contributed by atoms with Crippen LogP contribution in [0.1, 0.15) is 24.0 Å². The van der Waals surface area contributed by atoms with Gasteiger partial charge in [-0.3, -0.25) is 4.79 Å². The van der Waals surface area contributed by atoms with Gasteiger partial charge in [0, 0.05) is 24.0 Å². The summed E-state index contributed by atoms with van der Waals surface area (Å²) in [4.78, 5) is 15.5. The normalized spacial score (nSPS) is 19.1. The SMILES string of the molecule is CNC1CCCN(C(=O)CSc2cc(C)ccc2C)C1. The van der Waals surface area contributed by atoms with Gasteiger partial charge in [0.05, 0.1) is 5.75 Å². The number of nitrogens with one attached hydrogen (secondary N) is 1. The first kappa shape index (κ1) is 15.4. The lowest BCUT2D eigenvalue weighted by Crippen LogP contribution is -2.47. The molecule has 0 spiro atoms. The number of thioether (sulfide) groups is 1. The van der Waals surface area contributed by atoms with Crippen molar-refractivity contribution in [2.75, 3.05) is 25.9 Å². The van der Waals surface area contributed by atoms with E-state index < -0.39 is 0 Å². The molecule has 1 N–H and O–H groups in total. The molecule has 0 saturated carbocycles. The molecule has 1 heterocycles. The Hall–Kier alpha value is -1.00. The number of hydrogen-bond acceptors (Lipinski definition) is 3. The van der Waals surface area contributed by atoms with Gasteiger partial charge in [-0.25, -0.2) is 0 Å². The van der Waals surface area contributed by atoms with Crippen LogP contribution in [0, 0.1) is 13.8 Å². The summed E-state index contributed by atoms with van der Waals surface area (Å²) in [5, 5.41) is 3.28. The van der Waals surface area contributed by atoms with Crippen LogP contribution < -0.4 is 5.32 Å². The molecule has 1 atom stereocenters. The number of likely N-dealkylation sites (N-methyl/N-ethyl adjacent to an activating group) is 1. The lowest BCUT2D eigenvalue weighted by atomic mass is 10.1. The number of hydrogen-bond donors (Lipinski definition) is 1. The van der Waals surface area contributed by atoms with Crippen molar-refractivity contribution >= 4 is 17.7 Å². The number of amides is 1. The fourth-order valence-electron chi connectivity index (χ4n) is 2.53. The van der Waals surface area contributed by atoms with Gasteiger partial charge in [0.15, 0.2) is 0 Å². The van der Waals surface area contributed by atoms with Gasteiger partial charge >= 0.3 is 0 Å². The van der Waals surface area contributed by atoms with Crippen molar-refractivity contribution in [3.05, 3.63) is 29.3 Å². The first-order valence-electron chi connectivity index (χ1n) is 7.25. The highest BCUT2D eigenvalue weighted by atomic mass is 32.2. The highest BCUT2D eigenvalue weighted by Crippen LogP contribution is 2.24. The number of benzene rings is 1. The van der Waals surface area contributed by atoms with Gasteiger partial charge in [0.25, 0.3) is 0 Å². The minimum atomic E-state index is 0.260. The number of carbonyl (C=O) groups excluding carboxylic acids is 1. The topological polar surface area (TPSA) is 32.3 Å². The molecule has 1 amide bonds. The molecule has 1 aliphatic heterocycles. The zero-order chi connectivity index (χ0) is 14.5. The maximum Gasteiger partial charge on any atom is 0.232 e. The molecule has 2 rings (SSSR count). The minimum absolute atomic E-state index is 0.260. The smallest absolute Gasteiger partial charge is 0.232 e. The fraction of sp³-hybridized carbons (Fsp3) is 0.562. The Morgan fingerprint density at radius 2 is 2.25 bits per heavy atom. The van der Waals surface area contributed by atoms with Gasteiger partial charge in [0.1, 0.15) is 0 Å². The Morgan fingerprint density at radius 3 is 3.00 bits per heavy atom. The van der Waals surface area contributed by atoms with Crippen LogP contribution in [-0.4, -0.2) is 42.7 Å². The number of nitrogens with zero attached hydrogens (tertiary/aromatic N) is 1. The predicted molar refractivity (Wildman–Crippen MR) is 85.3 cm³/mol. The Bertz CT molecular complexity index is 476. The third kappa shape index (κ3) is 4.00. The summed E-state index contributed by atoms with van der Waals surface area (Å²) in [6, 6.07) is 6.86. The van der Waals surface area contributed by atoms with Crippen molar-refractivity contribution < 1.29 is 4.79 Å². The van der Waals surface area contributed by atoms with E-state index in [1.54, 1.807) is 11.8 Å². The van der Waals surface area contributed by atoms with Crippen molar-refractivity contribution in [3.8, 4) is 0 Å². The maximum atomic E-state index is 12.3. The molecule has 1 unspecified atom stereocenters. The quantitative estimate of drug-likeness (QED) is 0.866. The first-order valence-corrected chi connectivity index (χ1v) is 8.24. The van der Waals surface area contributed by atoms with E-state index in [9.17, 15) is 4.79 Å². The van der Waals surface area contributed by atoms with Crippen molar-refractivity contribution in [1.82, 2.24) is 10.2 Å². The summed E-state index contributed by atoms with van der Waals surface area (Å²) in [5.74, 6) is 0.802. The van der Waals surface area contributed by atoms with Gasteiger partial charge in [-0.15, -0.1) is 11.8 Å². The van der Waals surface area contributed by atoms with Gasteiger partial charge in [0.2, 0.25) is 5.91 Å². The van der Waals surface area contributed by atoms with Crippen LogP contribution in [0.4, 0.5) is 0 Å². The number of likely N-dealkylation sites (tertiary alicyclic amines) is 1. The zero-order valence-corrected chi connectivity index (χ0v) is 13.4. The van der Waals surface area contributed by atoms with Crippen molar-refractivity contribution in [1.29, 1.82) is 0 Å². The molecule has 1 aliphatic rings. The second-order valence-electron chi connectivity index (χ2n) is 5.53. The molecule has 1 saturated heterocycles. The number of piperidine rings is 1. The van der Waals surface area contributed by atoms with Crippen LogP contribution in [0.2, 0.25) is 0 Å². The molecular weight excluding hydrogens is 268 g/mol. The second-order valence-corrected chi connectivity index (χ2v) is 6.54. The standard InChI is InChI=1S/C16H24N2OS/c1-12-6-7-13(2)15(9-12)20-11-16(19)18-8-4-5-14(10-18)17-3/h6-7,9,14,17H,4-5,8,10-11H2,1-3H3. The number of carbonyl (C=O) groups is 1. The van der Waals surface area contributed by atoms with Crippen molar-refractivity contribution in [2.45, 2.75) is 37.6 Å². The van der Waals surface area contributed by atoms with Crippen molar-refractivity contribution in [2.24, 2.45) is 0 Å². The third-order valence-electron chi connectivity index (χ3n) is 3.88. The van der Waals surface area contributed by atoms with E-state index in [1.165, 1.54) is 22.4 Å². The molecule has 1 aromatic rings. The van der Waals surface area contributed by atoms with Crippen LogP contribution in [-0.2, 0) is 4.79 Å². The molecule has 0 radical (unpaired) electrons. The van der Waals surface area contributed by atoms with E-state index in [-0.39, 0.29) is 5.91 Å². The summed E-state index contributed by atoms with van der Waals surface area (Å²) < 4.78 is 0. The Kier molecular flexibility index (Phi) is 5.49. The average Bonchev–Trinajstić information content (AvgIpc) is 2.48. The van der Waals surface area contributed by atoms with Gasteiger partial charge in [-0.05, 0) is 45.4 Å². The third-order valence-corrected chi connectivity index (χ3v) is 5.02. The second kappa shape index (κ2) is 7.14. The average molecular weight is 292 g/mol. The van der Waals surface area contributed by atoms with Crippen LogP contribution in [0.5, 0.6) is 0 Å². The Labute approximate surface area is 126 Å². The van der Waals surface area contributed by atoms with Gasteiger partial charge in [-0.1, -0.05) is 17.7 Å². The molecule has 1 aromatic carbocycles. The lowest BCUT2D eigenvalue weighted by molar-refractivity contribution is -0.129. The monoisotopic (exact) mass is 292 g/mol. The highest BCUT2D eigenvalue weighted by Gasteiger charge is 2.22. The molecule has 3 nitrogen and oxygen atoms in total. The van der Waals surface area contributed by atoms with E-state index >= 15 is 0 Å². The Morgan fingerprint density at radius 1 is 1.45 bits per heavy atom. The van der Waals surface area contributed by atoms with E-state index in [1.807, 2.05) is 11.9 Å². The lowest BCUT2D eigenvalue weighted by Gasteiger charge is -2.32. The van der Waals surface area contributed by atoms with Gasteiger partial charge in [-0.2, -0.15) is 0 Å². The largest absolute Gasteiger partial charge is 0.340 e. The Balaban J connectivity index is 1.90. The number of rotatable bonds is 4. The molecule has 0 aliphatic carbocycles. The summed E-state index contributed by atoms with van der Waals surface area (Å²) in [6.45, 7) is 5.95. The van der Waals surface area contributed by atoms with Gasteiger partial charge < -0.3 is 10.2 Å². The highest BCUT2D eigenvalue weighted by molar-refractivity contribution is 8.00. The molecule has 110 valence electrons. The fourth-order valence-corrected chi connectivity index (χ4v) is 3.56.